The molecule has 1 aliphatic carbocycles. The first-order valence-electron chi connectivity index (χ1n) is 6.72. The van der Waals surface area contributed by atoms with Crippen LogP contribution >= 0.6 is 0 Å². The van der Waals surface area contributed by atoms with Gasteiger partial charge in [-0.1, -0.05) is 32.9 Å². The van der Waals surface area contributed by atoms with E-state index in [9.17, 15) is 0 Å². The van der Waals surface area contributed by atoms with E-state index in [-0.39, 0.29) is 5.04 Å². The summed E-state index contributed by atoms with van der Waals surface area (Å²) in [6.45, 7) is 17.8. The molecule has 2 heteroatoms. The zero-order valence-electron chi connectivity index (χ0n) is 12.4. The summed E-state index contributed by atoms with van der Waals surface area (Å²) >= 11 is 0. The number of allylic oxidation sites excluding steroid dienone is 2. The molecule has 0 N–H and O–H groups in total. The normalized spacial score (nSPS) is 18.2. The van der Waals surface area contributed by atoms with Gasteiger partial charge in [0.15, 0.2) is 0 Å². The van der Waals surface area contributed by atoms with E-state index >= 15 is 0 Å². The quantitative estimate of drug-likeness (QED) is 0.482. The Kier molecular flexibility index (Phi) is 4.29. The van der Waals surface area contributed by atoms with Crippen molar-refractivity contribution in [1.29, 1.82) is 0 Å². The van der Waals surface area contributed by atoms with Crippen molar-refractivity contribution in [2.45, 2.75) is 71.5 Å². The van der Waals surface area contributed by atoms with Gasteiger partial charge in [0.1, 0.15) is 0 Å². The molecule has 0 atom stereocenters. The zero-order chi connectivity index (χ0) is 13.3. The fourth-order valence-electron chi connectivity index (χ4n) is 1.96. The Morgan fingerprint density at radius 3 is 2.18 bits per heavy atom. The van der Waals surface area contributed by atoms with Crippen LogP contribution in [-0.2, 0) is 4.43 Å². The predicted octanol–water partition coefficient (Wildman–Crippen LogP) is 5.41. The van der Waals surface area contributed by atoms with E-state index in [1.54, 1.807) is 0 Å². The summed E-state index contributed by atoms with van der Waals surface area (Å²) in [4.78, 5) is 0. The molecule has 0 saturated heterocycles. The molecule has 1 rings (SSSR count). The minimum absolute atomic E-state index is 0.249. The number of rotatable bonds is 3. The van der Waals surface area contributed by atoms with Gasteiger partial charge in [-0.15, -0.1) is 0 Å². The molecule has 0 saturated carbocycles. The summed E-state index contributed by atoms with van der Waals surface area (Å²) in [6.07, 6.45) is 4.98. The van der Waals surface area contributed by atoms with Crippen LogP contribution in [0.15, 0.2) is 23.5 Å². The van der Waals surface area contributed by atoms with E-state index < -0.39 is 8.32 Å². The Hall–Kier alpha value is -0.503. The minimum Gasteiger partial charge on any atom is -0.544 e. The molecule has 0 aromatic heterocycles. The van der Waals surface area contributed by atoms with E-state index in [1.807, 2.05) is 0 Å². The highest BCUT2D eigenvalue weighted by Crippen LogP contribution is 2.40. The fourth-order valence-corrected chi connectivity index (χ4v) is 3.00. The van der Waals surface area contributed by atoms with Crippen molar-refractivity contribution in [2.75, 3.05) is 0 Å². The summed E-state index contributed by atoms with van der Waals surface area (Å²) < 4.78 is 6.30. The standard InChI is InChI=1S/C15H28OSi/c1-12-10-8-9-11-14(12)13(2)16-17(6,7)15(3,4)5/h2,8-11H2,1,3-7H3. The van der Waals surface area contributed by atoms with Crippen molar-refractivity contribution in [3.63, 3.8) is 0 Å². The van der Waals surface area contributed by atoms with Crippen LogP contribution in [0.25, 0.3) is 0 Å². The molecule has 0 unspecified atom stereocenters. The van der Waals surface area contributed by atoms with Crippen LogP contribution in [0.3, 0.4) is 0 Å². The Morgan fingerprint density at radius 1 is 1.18 bits per heavy atom. The second-order valence-electron chi connectivity index (χ2n) is 6.75. The molecule has 1 aliphatic rings. The molecule has 98 valence electrons. The van der Waals surface area contributed by atoms with Crippen molar-refractivity contribution in [1.82, 2.24) is 0 Å². The maximum absolute atomic E-state index is 6.30. The molecule has 17 heavy (non-hydrogen) atoms. The van der Waals surface area contributed by atoms with Crippen molar-refractivity contribution in [2.24, 2.45) is 0 Å². The highest BCUT2D eigenvalue weighted by atomic mass is 28.4. The van der Waals surface area contributed by atoms with E-state index in [4.69, 9.17) is 4.43 Å². The lowest BCUT2D eigenvalue weighted by Gasteiger charge is -2.38. The van der Waals surface area contributed by atoms with Gasteiger partial charge in [-0.25, -0.2) is 0 Å². The van der Waals surface area contributed by atoms with E-state index in [2.05, 4.69) is 47.4 Å². The van der Waals surface area contributed by atoms with Crippen LogP contribution in [0.2, 0.25) is 18.1 Å². The number of hydrogen-bond donors (Lipinski definition) is 0. The molecule has 0 aliphatic heterocycles. The predicted molar refractivity (Wildman–Crippen MR) is 78.6 cm³/mol. The zero-order valence-corrected chi connectivity index (χ0v) is 13.4. The van der Waals surface area contributed by atoms with Crippen molar-refractivity contribution in [3.8, 4) is 0 Å². The lowest BCUT2D eigenvalue weighted by Crippen LogP contribution is -2.40. The average Bonchev–Trinajstić information content (AvgIpc) is 2.15. The van der Waals surface area contributed by atoms with Crippen molar-refractivity contribution in [3.05, 3.63) is 23.5 Å². The second-order valence-corrected chi connectivity index (χ2v) is 11.5. The first kappa shape index (κ1) is 14.6. The summed E-state index contributed by atoms with van der Waals surface area (Å²) in [5.74, 6) is 0.953. The molecular weight excluding hydrogens is 224 g/mol. The molecule has 0 amide bonds. The van der Waals surface area contributed by atoms with Gasteiger partial charge >= 0.3 is 0 Å². The third-order valence-corrected chi connectivity index (χ3v) is 8.63. The monoisotopic (exact) mass is 252 g/mol. The van der Waals surface area contributed by atoms with Gasteiger partial charge in [-0.3, -0.25) is 0 Å². The van der Waals surface area contributed by atoms with Gasteiger partial charge in [-0.05, 0) is 56.3 Å². The van der Waals surface area contributed by atoms with Gasteiger partial charge in [0, 0.05) is 0 Å². The Morgan fingerprint density at radius 2 is 1.71 bits per heavy atom. The largest absolute Gasteiger partial charge is 0.544 e. The molecule has 0 spiro atoms. The lowest BCUT2D eigenvalue weighted by atomic mass is 9.92. The van der Waals surface area contributed by atoms with E-state index in [0.29, 0.717) is 0 Å². The summed E-state index contributed by atoms with van der Waals surface area (Å²) in [6, 6.07) is 0. The van der Waals surface area contributed by atoms with Gasteiger partial charge in [0.2, 0.25) is 8.32 Å². The third kappa shape index (κ3) is 3.48. The van der Waals surface area contributed by atoms with E-state index in [1.165, 1.54) is 30.4 Å². The highest BCUT2D eigenvalue weighted by molar-refractivity contribution is 6.74. The molecular formula is C15H28OSi. The summed E-state index contributed by atoms with van der Waals surface area (Å²) in [7, 11) is -1.72. The molecule has 0 fully saturated rings. The second kappa shape index (κ2) is 5.01. The highest BCUT2D eigenvalue weighted by Gasteiger charge is 2.39. The van der Waals surface area contributed by atoms with Gasteiger partial charge in [0.25, 0.3) is 0 Å². The molecule has 0 radical (unpaired) electrons. The Bertz CT molecular complexity index is 331. The van der Waals surface area contributed by atoms with Gasteiger partial charge < -0.3 is 4.43 Å². The van der Waals surface area contributed by atoms with Crippen molar-refractivity contribution >= 4 is 8.32 Å². The summed E-state index contributed by atoms with van der Waals surface area (Å²) in [5.41, 5.74) is 2.88. The van der Waals surface area contributed by atoms with Crippen LogP contribution in [0.1, 0.15) is 53.4 Å². The molecule has 0 bridgehead atoms. The first-order valence-corrected chi connectivity index (χ1v) is 9.63. The van der Waals surface area contributed by atoms with Crippen LogP contribution < -0.4 is 0 Å². The van der Waals surface area contributed by atoms with Crippen molar-refractivity contribution < 1.29 is 4.43 Å². The minimum atomic E-state index is -1.72. The van der Waals surface area contributed by atoms with Gasteiger partial charge in [-0.2, -0.15) is 0 Å². The average molecular weight is 252 g/mol. The lowest BCUT2D eigenvalue weighted by molar-refractivity contribution is 0.387. The van der Waals surface area contributed by atoms with Crippen LogP contribution in [0, 0.1) is 0 Å². The first-order chi connectivity index (χ1) is 7.65. The molecule has 1 nitrogen and oxygen atoms in total. The van der Waals surface area contributed by atoms with Crippen LogP contribution in [0.5, 0.6) is 0 Å². The fraction of sp³-hybridized carbons (Fsp3) is 0.733. The maximum atomic E-state index is 6.30. The smallest absolute Gasteiger partial charge is 0.250 e. The topological polar surface area (TPSA) is 9.23 Å². The number of hydrogen-bond acceptors (Lipinski definition) is 1. The third-order valence-electron chi connectivity index (χ3n) is 4.26. The maximum Gasteiger partial charge on any atom is 0.250 e. The summed E-state index contributed by atoms with van der Waals surface area (Å²) in [5, 5.41) is 0.249. The van der Waals surface area contributed by atoms with E-state index in [0.717, 1.165) is 12.2 Å². The molecule has 0 heterocycles. The molecule has 0 aromatic carbocycles. The molecule has 0 aromatic rings. The van der Waals surface area contributed by atoms with Crippen LogP contribution in [0.4, 0.5) is 0 Å². The Balaban J connectivity index is 2.79. The Labute approximate surface area is 108 Å². The van der Waals surface area contributed by atoms with Gasteiger partial charge in [0.05, 0.1) is 5.76 Å². The SMILES string of the molecule is C=C(O[Si](C)(C)C(C)(C)C)C1=C(C)CCCC1. The van der Waals surface area contributed by atoms with Crippen LogP contribution in [-0.4, -0.2) is 8.32 Å².